The van der Waals surface area contributed by atoms with Gasteiger partial charge in [-0.15, -0.1) is 11.3 Å². The Morgan fingerprint density at radius 3 is 2.73 bits per heavy atom. The summed E-state index contributed by atoms with van der Waals surface area (Å²) in [7, 11) is 0. The van der Waals surface area contributed by atoms with Gasteiger partial charge in [-0.05, 0) is 36.2 Å². The smallest absolute Gasteiger partial charge is 0.344 e. The van der Waals surface area contributed by atoms with E-state index in [-0.39, 0.29) is 25.5 Å². The number of thiazole rings is 1. The first-order valence-corrected chi connectivity index (χ1v) is 10.5. The molecule has 0 saturated heterocycles. The van der Waals surface area contributed by atoms with E-state index in [1.165, 1.54) is 11.3 Å². The number of carbonyl (C=O) groups excluding carboxylic acids is 2. The molecule has 0 bridgehead atoms. The Kier molecular flexibility index (Phi) is 7.82. The summed E-state index contributed by atoms with van der Waals surface area (Å²) >= 11 is 7.32. The van der Waals surface area contributed by atoms with Crippen molar-refractivity contribution in [3.63, 3.8) is 0 Å². The van der Waals surface area contributed by atoms with Crippen molar-refractivity contribution >= 4 is 34.8 Å². The molecule has 30 heavy (non-hydrogen) atoms. The van der Waals surface area contributed by atoms with Crippen LogP contribution in [0.4, 0.5) is 0 Å². The average Bonchev–Trinajstić information content (AvgIpc) is 3.19. The number of aromatic nitrogens is 1. The van der Waals surface area contributed by atoms with Crippen LogP contribution < -0.4 is 10.1 Å². The molecule has 0 aliphatic heterocycles. The van der Waals surface area contributed by atoms with E-state index in [9.17, 15) is 9.59 Å². The van der Waals surface area contributed by atoms with Gasteiger partial charge >= 0.3 is 5.97 Å². The molecule has 6 nitrogen and oxygen atoms in total. The fourth-order valence-corrected chi connectivity index (χ4v) is 3.43. The summed E-state index contributed by atoms with van der Waals surface area (Å²) in [5.74, 6) is -0.0625. The zero-order chi connectivity index (χ0) is 21.3. The number of nitrogens with zero attached hydrogens (tertiary/aromatic N) is 1. The van der Waals surface area contributed by atoms with E-state index in [1.807, 2.05) is 37.3 Å². The Balaban J connectivity index is 1.38. The van der Waals surface area contributed by atoms with Gasteiger partial charge < -0.3 is 14.8 Å². The average molecular weight is 445 g/mol. The van der Waals surface area contributed by atoms with Crippen LogP contribution in [0.1, 0.15) is 21.8 Å². The number of nitrogens with one attached hydrogen (secondary N) is 1. The first kappa shape index (κ1) is 21.8. The number of ether oxygens (including phenoxy) is 2. The molecule has 2 aromatic carbocycles. The lowest BCUT2D eigenvalue weighted by molar-refractivity contribution is -0.147. The summed E-state index contributed by atoms with van der Waals surface area (Å²) in [4.78, 5) is 28.3. The Hall–Kier alpha value is -2.90. The van der Waals surface area contributed by atoms with Gasteiger partial charge in [0.15, 0.2) is 6.61 Å². The monoisotopic (exact) mass is 444 g/mol. The molecule has 3 aromatic rings. The molecular formula is C22H21ClN2O4S. The van der Waals surface area contributed by atoms with Crippen molar-refractivity contribution in [1.82, 2.24) is 10.3 Å². The minimum absolute atomic E-state index is 0.0317. The summed E-state index contributed by atoms with van der Waals surface area (Å²) in [6, 6.07) is 14.9. The van der Waals surface area contributed by atoms with E-state index in [4.69, 9.17) is 21.1 Å². The molecule has 1 amide bonds. The number of amides is 1. The third kappa shape index (κ3) is 6.86. The molecule has 3 rings (SSSR count). The van der Waals surface area contributed by atoms with Crippen molar-refractivity contribution < 1.29 is 19.1 Å². The third-order valence-corrected chi connectivity index (χ3v) is 5.43. The van der Waals surface area contributed by atoms with Gasteiger partial charge in [0.25, 0.3) is 0 Å². The number of halogens is 1. The number of hydrogen-bond donors (Lipinski definition) is 1. The second-order valence-electron chi connectivity index (χ2n) is 6.53. The lowest BCUT2D eigenvalue weighted by atomic mass is 10.2. The SMILES string of the molecule is Cc1cc(OCC(=O)OCc2csc(CC(=O)NCc3ccccc3)n2)ccc1Cl. The highest BCUT2D eigenvalue weighted by Crippen LogP contribution is 2.21. The van der Waals surface area contributed by atoms with Crippen LogP contribution in [0.3, 0.4) is 0 Å². The molecule has 0 fully saturated rings. The van der Waals surface area contributed by atoms with E-state index in [2.05, 4.69) is 10.3 Å². The van der Waals surface area contributed by atoms with Gasteiger partial charge in [0.05, 0.1) is 12.1 Å². The molecule has 0 aliphatic carbocycles. The van der Waals surface area contributed by atoms with E-state index in [0.717, 1.165) is 11.1 Å². The molecule has 0 aliphatic rings. The maximum absolute atomic E-state index is 12.1. The van der Waals surface area contributed by atoms with Crippen LogP contribution in [-0.4, -0.2) is 23.5 Å². The Labute approximate surface area is 183 Å². The quantitative estimate of drug-likeness (QED) is 0.503. The molecule has 8 heteroatoms. The number of rotatable bonds is 9. The Bertz CT molecular complexity index is 1010. The van der Waals surface area contributed by atoms with Gasteiger partial charge in [0.2, 0.25) is 5.91 Å². The van der Waals surface area contributed by atoms with Crippen LogP contribution in [0.25, 0.3) is 0 Å². The molecule has 1 aromatic heterocycles. The summed E-state index contributed by atoms with van der Waals surface area (Å²) in [5.41, 5.74) is 2.50. The first-order chi connectivity index (χ1) is 14.5. The van der Waals surface area contributed by atoms with Crippen LogP contribution >= 0.6 is 22.9 Å². The zero-order valence-electron chi connectivity index (χ0n) is 16.4. The third-order valence-electron chi connectivity index (χ3n) is 4.11. The minimum atomic E-state index is -0.502. The largest absolute Gasteiger partial charge is 0.482 e. The van der Waals surface area contributed by atoms with Crippen molar-refractivity contribution in [2.24, 2.45) is 0 Å². The maximum Gasteiger partial charge on any atom is 0.344 e. The van der Waals surface area contributed by atoms with Crippen molar-refractivity contribution in [2.45, 2.75) is 26.5 Å². The van der Waals surface area contributed by atoms with Gasteiger partial charge in [0, 0.05) is 16.9 Å². The number of hydrogen-bond acceptors (Lipinski definition) is 6. The minimum Gasteiger partial charge on any atom is -0.482 e. The Morgan fingerprint density at radius 1 is 1.17 bits per heavy atom. The molecule has 156 valence electrons. The van der Waals surface area contributed by atoms with E-state index < -0.39 is 5.97 Å². The molecular weight excluding hydrogens is 424 g/mol. The normalized spacial score (nSPS) is 10.5. The highest BCUT2D eigenvalue weighted by atomic mass is 35.5. The van der Waals surface area contributed by atoms with Gasteiger partial charge in [-0.25, -0.2) is 9.78 Å². The lowest BCUT2D eigenvalue weighted by Crippen LogP contribution is -2.24. The van der Waals surface area contributed by atoms with Crippen molar-refractivity contribution in [3.05, 3.63) is 80.8 Å². The molecule has 0 spiro atoms. The zero-order valence-corrected chi connectivity index (χ0v) is 18.0. The molecule has 0 unspecified atom stereocenters. The number of esters is 1. The van der Waals surface area contributed by atoms with Crippen LogP contribution in [0, 0.1) is 6.92 Å². The highest BCUT2D eigenvalue weighted by Gasteiger charge is 2.11. The van der Waals surface area contributed by atoms with Crippen molar-refractivity contribution in [3.8, 4) is 5.75 Å². The molecule has 0 atom stereocenters. The summed E-state index contributed by atoms with van der Waals surface area (Å²) in [5, 5.41) is 5.94. The van der Waals surface area contributed by atoms with E-state index in [0.29, 0.717) is 28.0 Å². The lowest BCUT2D eigenvalue weighted by Gasteiger charge is -2.07. The van der Waals surface area contributed by atoms with Crippen molar-refractivity contribution in [1.29, 1.82) is 0 Å². The van der Waals surface area contributed by atoms with Crippen LogP contribution in [0.5, 0.6) is 5.75 Å². The van der Waals surface area contributed by atoms with E-state index in [1.54, 1.807) is 23.6 Å². The fraction of sp³-hybridized carbons (Fsp3) is 0.227. The summed E-state index contributed by atoms with van der Waals surface area (Å²) < 4.78 is 10.6. The molecule has 0 radical (unpaired) electrons. The first-order valence-electron chi connectivity index (χ1n) is 9.28. The fourth-order valence-electron chi connectivity index (χ4n) is 2.54. The standard InChI is InChI=1S/C22H21ClN2O4S/c1-15-9-18(7-8-19(15)23)28-13-22(27)29-12-17-14-30-21(25-17)10-20(26)24-11-16-5-3-2-4-6-16/h2-9,14H,10-13H2,1H3,(H,24,26). The maximum atomic E-state index is 12.1. The summed E-state index contributed by atoms with van der Waals surface area (Å²) in [6.07, 6.45) is 0.185. The predicted molar refractivity (Wildman–Crippen MR) is 116 cm³/mol. The van der Waals surface area contributed by atoms with Crippen LogP contribution in [-0.2, 0) is 33.9 Å². The molecule has 1 N–H and O–H groups in total. The highest BCUT2D eigenvalue weighted by molar-refractivity contribution is 7.09. The van der Waals surface area contributed by atoms with Gasteiger partial charge in [-0.3, -0.25) is 4.79 Å². The second kappa shape index (κ2) is 10.8. The van der Waals surface area contributed by atoms with Crippen molar-refractivity contribution in [2.75, 3.05) is 6.61 Å². The van der Waals surface area contributed by atoms with Gasteiger partial charge in [-0.2, -0.15) is 0 Å². The number of aryl methyl sites for hydroxylation is 1. The van der Waals surface area contributed by atoms with Gasteiger partial charge in [0.1, 0.15) is 17.4 Å². The van der Waals surface area contributed by atoms with Crippen LogP contribution in [0.15, 0.2) is 53.9 Å². The Morgan fingerprint density at radius 2 is 1.97 bits per heavy atom. The predicted octanol–water partition coefficient (Wildman–Crippen LogP) is 4.09. The molecule has 0 saturated carbocycles. The molecule has 1 heterocycles. The summed E-state index contributed by atoms with van der Waals surface area (Å²) in [6.45, 7) is 2.15. The number of benzene rings is 2. The van der Waals surface area contributed by atoms with Crippen LogP contribution in [0.2, 0.25) is 5.02 Å². The number of carbonyl (C=O) groups is 2. The van der Waals surface area contributed by atoms with E-state index >= 15 is 0 Å². The second-order valence-corrected chi connectivity index (χ2v) is 7.88. The topological polar surface area (TPSA) is 77.5 Å². The van der Waals surface area contributed by atoms with Gasteiger partial charge in [-0.1, -0.05) is 41.9 Å².